The summed E-state index contributed by atoms with van der Waals surface area (Å²) in [5.41, 5.74) is 15.5. The van der Waals surface area contributed by atoms with E-state index in [9.17, 15) is 0 Å². The van der Waals surface area contributed by atoms with E-state index < -0.39 is 0 Å². The molecule has 0 fully saturated rings. The molecular weight excluding hydrogens is 811 g/mol. The monoisotopic (exact) mass is 851 g/mol. The van der Waals surface area contributed by atoms with Crippen molar-refractivity contribution < 1.29 is 0 Å². The third kappa shape index (κ3) is 6.38. The van der Waals surface area contributed by atoms with E-state index in [-0.39, 0.29) is 0 Å². The molecule has 0 bridgehead atoms. The second-order valence-corrected chi connectivity index (χ2v) is 17.3. The first kappa shape index (κ1) is 38.6. The van der Waals surface area contributed by atoms with Crippen molar-refractivity contribution in [2.45, 2.75) is 12.8 Å². The van der Waals surface area contributed by atoms with Gasteiger partial charge in [0.05, 0.1) is 22.6 Å². The molecule has 0 saturated carbocycles. The van der Waals surface area contributed by atoms with E-state index in [4.69, 9.17) is 9.97 Å². The molecule has 13 rings (SSSR count). The number of fused-ring (bicyclic) bond motifs is 9. The molecular formula is C64H41N3. The van der Waals surface area contributed by atoms with Crippen molar-refractivity contribution in [3.05, 3.63) is 248 Å². The zero-order chi connectivity index (χ0) is 44.3. The smallest absolute Gasteiger partial charge is 0.156 e. The topological polar surface area (TPSA) is 30.7 Å². The van der Waals surface area contributed by atoms with Gasteiger partial charge in [-0.1, -0.05) is 206 Å². The van der Waals surface area contributed by atoms with Gasteiger partial charge in [0, 0.05) is 38.4 Å². The summed E-state index contributed by atoms with van der Waals surface area (Å²) >= 11 is 0. The van der Waals surface area contributed by atoms with Crippen LogP contribution in [0.1, 0.15) is 24.2 Å². The highest BCUT2D eigenvalue weighted by Crippen LogP contribution is 2.54. The van der Waals surface area contributed by atoms with Crippen molar-refractivity contribution in [3.8, 4) is 50.5 Å². The SMILES string of the molecule is c1ccc2c3ccccc3n(-c3c(C4=CC=C(c5nc(-c6ccccc6)cc(-c6ccccc6)n5)CC4)c(-c4ccccc4)c4c5ccccc5c5ccccc5c4c3-c3ccccc3)c2c#1. The van der Waals surface area contributed by atoms with Crippen LogP contribution >= 0.6 is 0 Å². The van der Waals surface area contributed by atoms with Gasteiger partial charge in [0.15, 0.2) is 5.82 Å². The predicted octanol–water partition coefficient (Wildman–Crippen LogP) is 16.6. The fraction of sp³-hybridized carbons (Fsp3) is 0.0312. The first-order chi connectivity index (χ1) is 33.3. The van der Waals surface area contributed by atoms with Crippen LogP contribution < -0.4 is 0 Å². The molecule has 0 radical (unpaired) electrons. The summed E-state index contributed by atoms with van der Waals surface area (Å²) in [5, 5.41) is 9.74. The Labute approximate surface area is 389 Å². The lowest BCUT2D eigenvalue weighted by atomic mass is 9.78. The number of para-hydroxylation sites is 1. The van der Waals surface area contributed by atoms with Gasteiger partial charge in [-0.3, -0.25) is 0 Å². The van der Waals surface area contributed by atoms with Gasteiger partial charge in [0.25, 0.3) is 0 Å². The maximum absolute atomic E-state index is 5.28. The van der Waals surface area contributed by atoms with Gasteiger partial charge < -0.3 is 4.57 Å². The second kappa shape index (κ2) is 16.0. The highest BCUT2D eigenvalue weighted by Gasteiger charge is 2.30. The van der Waals surface area contributed by atoms with Crippen molar-refractivity contribution in [1.29, 1.82) is 0 Å². The Bertz CT molecular complexity index is 3830. The quantitative estimate of drug-likeness (QED) is 0.150. The molecule has 0 atom stereocenters. The van der Waals surface area contributed by atoms with Crippen LogP contribution in [-0.2, 0) is 0 Å². The Balaban J connectivity index is 1.20. The number of aromatic nitrogens is 3. The number of rotatable bonds is 7. The van der Waals surface area contributed by atoms with E-state index in [0.717, 1.165) is 74.4 Å². The number of hydrogen-bond acceptors (Lipinski definition) is 2. The number of benzene rings is 9. The summed E-state index contributed by atoms with van der Waals surface area (Å²) in [5.74, 6) is 0.757. The molecule has 0 unspecified atom stereocenters. The molecule has 2 aromatic heterocycles. The molecule has 2 heterocycles. The van der Waals surface area contributed by atoms with E-state index in [1.165, 1.54) is 65.5 Å². The van der Waals surface area contributed by atoms with Crippen molar-refractivity contribution >= 4 is 65.3 Å². The lowest BCUT2D eigenvalue weighted by Gasteiger charge is -2.29. The number of hydrogen-bond donors (Lipinski definition) is 0. The molecule has 1 aliphatic carbocycles. The molecule has 1 aliphatic rings. The fourth-order valence-corrected chi connectivity index (χ4v) is 10.6. The largest absolute Gasteiger partial charge is 0.301 e. The molecule has 0 N–H and O–H groups in total. The van der Waals surface area contributed by atoms with Crippen molar-refractivity contribution in [2.75, 3.05) is 0 Å². The maximum atomic E-state index is 5.28. The van der Waals surface area contributed by atoms with Gasteiger partial charge >= 0.3 is 0 Å². The Kier molecular flexibility index (Phi) is 9.22. The standard InChI is InChI=1S/C64H41N3/c1-5-21-42(22-6-1)54-41-55(43-23-7-2-8-24-43)66-64(65-54)47-39-37-46(38-40-47)59-58(44-25-9-3-10-26-44)61-52-33-15-13-29-48(52)49-30-14-16-34-53(49)62(61)60(45-27-11-4-12-28-45)63(59)67-56-35-19-17-31-50(56)51-32-18-20-36-57(51)67/h1-19,21-35,37,39,41H,38,40H2. The Hall–Kier alpha value is -8.84. The van der Waals surface area contributed by atoms with Crippen LogP contribution in [-0.4, -0.2) is 14.5 Å². The van der Waals surface area contributed by atoms with Crippen LogP contribution in [0.3, 0.4) is 0 Å². The summed E-state index contributed by atoms with van der Waals surface area (Å²) in [7, 11) is 0. The average Bonchev–Trinajstić information content (AvgIpc) is 3.75. The first-order valence-corrected chi connectivity index (χ1v) is 23.0. The molecule has 0 aliphatic heterocycles. The Morgan fingerprint density at radius 1 is 0.388 bits per heavy atom. The van der Waals surface area contributed by atoms with E-state index >= 15 is 0 Å². The molecule has 10 aromatic carbocycles. The van der Waals surface area contributed by atoms with E-state index in [1.54, 1.807) is 0 Å². The number of allylic oxidation sites excluding steroid dienone is 4. The number of nitrogens with zero attached hydrogens (tertiary/aromatic N) is 3. The minimum atomic E-state index is 0.757. The minimum absolute atomic E-state index is 0.757. The van der Waals surface area contributed by atoms with Gasteiger partial charge in [-0.2, -0.15) is 0 Å². The van der Waals surface area contributed by atoms with Crippen LogP contribution in [0.4, 0.5) is 0 Å². The maximum Gasteiger partial charge on any atom is 0.156 e. The van der Waals surface area contributed by atoms with Crippen LogP contribution in [0.5, 0.6) is 0 Å². The molecule has 12 aromatic rings. The summed E-state index contributed by atoms with van der Waals surface area (Å²) in [6.07, 6.45) is 6.18. The molecule has 3 nitrogen and oxygen atoms in total. The van der Waals surface area contributed by atoms with Gasteiger partial charge in [-0.25, -0.2) is 9.97 Å². The Morgan fingerprint density at radius 3 is 1.42 bits per heavy atom. The summed E-state index contributed by atoms with van der Waals surface area (Å²) in [6.45, 7) is 0. The third-order valence-corrected chi connectivity index (χ3v) is 13.6. The summed E-state index contributed by atoms with van der Waals surface area (Å²) in [6, 6.07) is 83.1. The first-order valence-electron chi connectivity index (χ1n) is 23.0. The highest BCUT2D eigenvalue weighted by atomic mass is 15.0. The van der Waals surface area contributed by atoms with E-state index in [0.29, 0.717) is 0 Å². The van der Waals surface area contributed by atoms with Crippen LogP contribution in [0, 0.1) is 12.1 Å². The van der Waals surface area contributed by atoms with Crippen molar-refractivity contribution in [2.24, 2.45) is 0 Å². The molecule has 67 heavy (non-hydrogen) atoms. The second-order valence-electron chi connectivity index (χ2n) is 17.3. The zero-order valence-corrected chi connectivity index (χ0v) is 36.6. The molecule has 3 heteroatoms. The summed E-state index contributed by atoms with van der Waals surface area (Å²) in [4.78, 5) is 10.6. The van der Waals surface area contributed by atoms with Gasteiger partial charge in [0.2, 0.25) is 0 Å². The van der Waals surface area contributed by atoms with E-state index in [2.05, 4.69) is 235 Å². The molecule has 0 spiro atoms. The zero-order valence-electron chi connectivity index (χ0n) is 36.6. The average molecular weight is 852 g/mol. The van der Waals surface area contributed by atoms with Crippen molar-refractivity contribution in [1.82, 2.24) is 14.5 Å². The van der Waals surface area contributed by atoms with Crippen molar-refractivity contribution in [3.63, 3.8) is 0 Å². The minimum Gasteiger partial charge on any atom is -0.301 e. The van der Waals surface area contributed by atoms with Gasteiger partial charge in [0.1, 0.15) is 5.52 Å². The fourth-order valence-electron chi connectivity index (χ4n) is 10.6. The summed E-state index contributed by atoms with van der Waals surface area (Å²) < 4.78 is 2.49. The van der Waals surface area contributed by atoms with Gasteiger partial charge in [-0.15, -0.1) is 0 Å². The van der Waals surface area contributed by atoms with Crippen LogP contribution in [0.25, 0.3) is 116 Å². The molecule has 0 saturated heterocycles. The lowest BCUT2D eigenvalue weighted by molar-refractivity contribution is 1.02. The third-order valence-electron chi connectivity index (χ3n) is 13.6. The van der Waals surface area contributed by atoms with Crippen LogP contribution in [0.15, 0.2) is 224 Å². The Morgan fingerprint density at radius 2 is 0.851 bits per heavy atom. The van der Waals surface area contributed by atoms with Crippen LogP contribution in [0.2, 0.25) is 0 Å². The molecule has 312 valence electrons. The van der Waals surface area contributed by atoms with Gasteiger partial charge in [-0.05, 0) is 97.9 Å². The molecule has 0 amide bonds. The highest BCUT2D eigenvalue weighted by molar-refractivity contribution is 6.34. The van der Waals surface area contributed by atoms with E-state index in [1.807, 2.05) is 6.07 Å². The lowest BCUT2D eigenvalue weighted by Crippen LogP contribution is -2.08. The predicted molar refractivity (Wildman–Crippen MR) is 280 cm³/mol. The normalized spacial score (nSPS) is 12.7.